The molecule has 2 aromatic rings. The molecule has 0 bridgehead atoms. The van der Waals surface area contributed by atoms with E-state index < -0.39 is 0 Å². The van der Waals surface area contributed by atoms with Gasteiger partial charge in [-0.25, -0.2) is 0 Å². The van der Waals surface area contributed by atoms with E-state index in [1.807, 2.05) is 26.0 Å². The van der Waals surface area contributed by atoms with Crippen LogP contribution in [0.1, 0.15) is 58.8 Å². The Kier molecular flexibility index (Phi) is 9.66. The average Bonchev–Trinajstić information content (AvgIpc) is 2.53. The minimum atomic E-state index is 0. The Bertz CT molecular complexity index is 733. The summed E-state index contributed by atoms with van der Waals surface area (Å²) in [5.41, 5.74) is 5.57. The summed E-state index contributed by atoms with van der Waals surface area (Å²) < 4.78 is 5.80. The molecule has 0 aliphatic heterocycles. The van der Waals surface area contributed by atoms with E-state index in [4.69, 9.17) is 4.74 Å². The van der Waals surface area contributed by atoms with E-state index >= 15 is 0 Å². The standard InChI is InChI=1S/C22H29O2P.Li.H/c1-6-7-8-11-24-19-9-10-20(16(3)14-19)25-22(23)21-17(4)12-15(2)13-18(21)5;;/h9-10,12-14,25H,6-8,11H2,1-5H3;;. The van der Waals surface area contributed by atoms with Crippen molar-refractivity contribution in [2.75, 3.05) is 6.61 Å². The zero-order valence-corrected chi connectivity index (χ0v) is 17.0. The van der Waals surface area contributed by atoms with Gasteiger partial charge in [-0.3, -0.25) is 4.79 Å². The van der Waals surface area contributed by atoms with Gasteiger partial charge >= 0.3 is 18.9 Å². The van der Waals surface area contributed by atoms with Crippen LogP contribution in [0.3, 0.4) is 0 Å². The molecule has 0 fully saturated rings. The Labute approximate surface area is 172 Å². The molecule has 2 aromatic carbocycles. The normalized spacial score (nSPS) is 10.8. The molecule has 2 rings (SSSR count). The van der Waals surface area contributed by atoms with Crippen LogP contribution in [-0.4, -0.2) is 31.0 Å². The van der Waals surface area contributed by atoms with Crippen LogP contribution in [0.4, 0.5) is 0 Å². The van der Waals surface area contributed by atoms with Gasteiger partial charge in [0.1, 0.15) is 5.75 Å². The second kappa shape index (κ2) is 10.9. The molecule has 0 aliphatic carbocycles. The Hall–Kier alpha value is -1.06. The first-order chi connectivity index (χ1) is 11.9. The van der Waals surface area contributed by atoms with Crippen molar-refractivity contribution in [3.8, 4) is 5.75 Å². The summed E-state index contributed by atoms with van der Waals surface area (Å²) in [6, 6.07) is 10.3. The van der Waals surface area contributed by atoms with Crippen molar-refractivity contribution in [3.63, 3.8) is 0 Å². The molecule has 0 aliphatic rings. The molecule has 0 saturated heterocycles. The second-order valence-corrected chi connectivity index (χ2v) is 8.00. The molecule has 0 saturated carbocycles. The average molecular weight is 364 g/mol. The van der Waals surface area contributed by atoms with Crippen molar-refractivity contribution in [1.29, 1.82) is 0 Å². The Morgan fingerprint density at radius 1 is 0.962 bits per heavy atom. The molecule has 0 aromatic heterocycles. The van der Waals surface area contributed by atoms with Crippen molar-refractivity contribution in [1.82, 2.24) is 0 Å². The zero-order chi connectivity index (χ0) is 18.4. The summed E-state index contributed by atoms with van der Waals surface area (Å²) in [6.07, 6.45) is 3.48. The molecule has 26 heavy (non-hydrogen) atoms. The van der Waals surface area contributed by atoms with Crippen LogP contribution in [0.25, 0.3) is 0 Å². The first-order valence-electron chi connectivity index (χ1n) is 9.05. The van der Waals surface area contributed by atoms with Crippen LogP contribution in [0, 0.1) is 27.7 Å². The van der Waals surface area contributed by atoms with Crippen molar-refractivity contribution in [2.24, 2.45) is 0 Å². The van der Waals surface area contributed by atoms with Crippen molar-refractivity contribution < 1.29 is 9.53 Å². The van der Waals surface area contributed by atoms with Crippen LogP contribution >= 0.6 is 8.58 Å². The van der Waals surface area contributed by atoms with E-state index in [1.165, 1.54) is 18.4 Å². The number of hydrogen-bond donors (Lipinski definition) is 0. The van der Waals surface area contributed by atoms with E-state index in [1.54, 1.807) is 0 Å². The van der Waals surface area contributed by atoms with Crippen molar-refractivity contribution in [2.45, 2.75) is 53.9 Å². The first kappa shape index (κ1) is 23.0. The molecule has 2 nitrogen and oxygen atoms in total. The van der Waals surface area contributed by atoms with E-state index in [9.17, 15) is 4.79 Å². The number of hydrogen-bond acceptors (Lipinski definition) is 2. The Morgan fingerprint density at radius 3 is 2.19 bits per heavy atom. The molecule has 1 atom stereocenters. The van der Waals surface area contributed by atoms with E-state index in [-0.39, 0.29) is 33.0 Å². The van der Waals surface area contributed by atoms with Crippen molar-refractivity contribution in [3.05, 3.63) is 58.1 Å². The monoisotopic (exact) mass is 364 g/mol. The quantitative estimate of drug-likeness (QED) is 0.375. The van der Waals surface area contributed by atoms with Crippen LogP contribution in [0.2, 0.25) is 0 Å². The van der Waals surface area contributed by atoms with Gasteiger partial charge in [0.05, 0.1) is 6.61 Å². The van der Waals surface area contributed by atoms with Gasteiger partial charge in [-0.15, -0.1) is 0 Å². The van der Waals surface area contributed by atoms with Gasteiger partial charge in [0.25, 0.3) is 0 Å². The molecule has 136 valence electrons. The fourth-order valence-corrected chi connectivity index (χ4v) is 4.33. The summed E-state index contributed by atoms with van der Waals surface area (Å²) in [5.74, 6) is 0.900. The topological polar surface area (TPSA) is 26.3 Å². The summed E-state index contributed by atoms with van der Waals surface area (Å²) in [7, 11) is 0.148. The molecule has 0 spiro atoms. The third-order valence-electron chi connectivity index (χ3n) is 4.37. The second-order valence-electron chi connectivity index (χ2n) is 6.76. The summed E-state index contributed by atoms with van der Waals surface area (Å²) in [4.78, 5) is 12.8. The summed E-state index contributed by atoms with van der Waals surface area (Å²) in [5, 5.41) is 1.10. The molecule has 4 heteroatoms. The number of ether oxygens (including phenoxy) is 1. The predicted octanol–water partition coefficient (Wildman–Crippen LogP) is 4.98. The fourth-order valence-electron chi connectivity index (χ4n) is 3.13. The van der Waals surface area contributed by atoms with Crippen LogP contribution in [0.15, 0.2) is 30.3 Å². The molecular formula is C22H30LiO2P. The maximum absolute atomic E-state index is 12.8. The van der Waals surface area contributed by atoms with Crippen LogP contribution in [0.5, 0.6) is 5.75 Å². The number of benzene rings is 2. The number of rotatable bonds is 8. The molecule has 1 unspecified atom stereocenters. The van der Waals surface area contributed by atoms with Crippen LogP contribution < -0.4 is 10.0 Å². The Morgan fingerprint density at radius 2 is 1.62 bits per heavy atom. The fraction of sp³-hybridized carbons (Fsp3) is 0.409. The third kappa shape index (κ3) is 6.28. The van der Waals surface area contributed by atoms with Gasteiger partial charge in [0.2, 0.25) is 0 Å². The van der Waals surface area contributed by atoms with Gasteiger partial charge in [0, 0.05) is 5.56 Å². The first-order valence-corrected chi connectivity index (χ1v) is 10.0. The molecule has 0 radical (unpaired) electrons. The van der Waals surface area contributed by atoms with Crippen molar-refractivity contribution >= 4 is 38.3 Å². The molecular weight excluding hydrogens is 334 g/mol. The minimum absolute atomic E-state index is 0. The van der Waals surface area contributed by atoms with Gasteiger partial charge in [-0.2, -0.15) is 0 Å². The summed E-state index contributed by atoms with van der Waals surface area (Å²) in [6.45, 7) is 11.1. The van der Waals surface area contributed by atoms with E-state index in [0.29, 0.717) is 0 Å². The number of carbonyl (C=O) groups is 1. The number of unbranched alkanes of at least 4 members (excludes halogenated alkanes) is 2. The molecule has 0 amide bonds. The van der Waals surface area contributed by atoms with Crippen LogP contribution in [-0.2, 0) is 0 Å². The van der Waals surface area contributed by atoms with Gasteiger partial charge in [-0.1, -0.05) is 43.5 Å². The number of carbonyl (C=O) groups excluding carboxylic acids is 1. The summed E-state index contributed by atoms with van der Waals surface area (Å²) >= 11 is 0. The molecule has 0 heterocycles. The predicted molar refractivity (Wildman–Crippen MR) is 116 cm³/mol. The zero-order valence-electron chi connectivity index (χ0n) is 16.0. The number of aryl methyl sites for hydroxylation is 4. The third-order valence-corrected chi connectivity index (χ3v) is 5.67. The SMILES string of the molecule is CCCCCOc1ccc(PC(=O)c2c(C)cc(C)cc2C)c(C)c1.[LiH]. The van der Waals surface area contributed by atoms with E-state index in [0.717, 1.165) is 46.3 Å². The van der Waals surface area contributed by atoms with Gasteiger partial charge in [-0.05, 0) is 76.8 Å². The van der Waals surface area contributed by atoms with Gasteiger partial charge in [0.15, 0.2) is 5.52 Å². The maximum atomic E-state index is 12.8. The van der Waals surface area contributed by atoms with Gasteiger partial charge < -0.3 is 4.74 Å². The van der Waals surface area contributed by atoms with E-state index in [2.05, 4.69) is 39.0 Å². The Balaban J connectivity index is 0.00000338. The molecule has 0 N–H and O–H groups in total.